The van der Waals surface area contributed by atoms with Crippen molar-refractivity contribution in [2.24, 2.45) is 10.2 Å². The fraction of sp³-hybridized carbons (Fsp3) is 0.188. The molecule has 0 bridgehead atoms. The molecule has 0 atom stereocenters. The molecular weight excluding hydrogens is 407 g/mol. The number of phosphoric ester groups is 1. The normalized spacial score (nSPS) is 12.1. The molecular formula is C16H15N4O6PS. The lowest BCUT2D eigenvalue weighted by Crippen LogP contribution is -2.01. The third-order valence-corrected chi connectivity index (χ3v) is 5.18. The molecule has 2 heterocycles. The molecule has 0 unspecified atom stereocenters. The highest BCUT2D eigenvalue weighted by Gasteiger charge is 2.18. The molecule has 0 radical (unpaired) electrons. The Morgan fingerprint density at radius 3 is 2.79 bits per heavy atom. The van der Waals surface area contributed by atoms with Gasteiger partial charge in [-0.3, -0.25) is 14.3 Å². The summed E-state index contributed by atoms with van der Waals surface area (Å²) >= 11 is 1.19. The Kier molecular flexibility index (Phi) is 5.92. The molecule has 3 rings (SSSR count). The van der Waals surface area contributed by atoms with Crippen molar-refractivity contribution in [3.8, 4) is 5.75 Å². The molecule has 0 fully saturated rings. The molecule has 3 N–H and O–H groups in total. The van der Waals surface area contributed by atoms with Crippen LogP contribution in [0.25, 0.3) is 10.2 Å². The molecule has 2 aromatic heterocycles. The Bertz CT molecular complexity index is 1080. The zero-order chi connectivity index (χ0) is 20.3. The van der Waals surface area contributed by atoms with Crippen LogP contribution in [0.3, 0.4) is 0 Å². The number of pyridine rings is 1. The van der Waals surface area contributed by atoms with Crippen LogP contribution in [0.4, 0.5) is 0 Å². The first-order chi connectivity index (χ1) is 13.2. The lowest BCUT2D eigenvalue weighted by Gasteiger charge is -2.11. The number of phosphoric acid groups is 1. The number of benzene rings is 1. The zero-order valence-electron chi connectivity index (χ0n) is 14.5. The van der Waals surface area contributed by atoms with Crippen molar-refractivity contribution >= 4 is 35.3 Å². The quantitative estimate of drug-likeness (QED) is 0.404. The van der Waals surface area contributed by atoms with E-state index in [0.717, 1.165) is 4.70 Å². The molecule has 0 aliphatic rings. The van der Waals surface area contributed by atoms with Gasteiger partial charge in [-0.2, -0.15) is 5.11 Å². The number of hydrogen-bond donors (Lipinski definition) is 3. The molecule has 0 saturated carbocycles. The lowest BCUT2D eigenvalue weighted by molar-refractivity contribution is 0.0993. The Morgan fingerprint density at radius 1 is 1.32 bits per heavy atom. The third-order valence-electron chi connectivity index (χ3n) is 3.69. The SMILES string of the molecule is Cc1ncc(COP(=O)(O)O)c(CN=NC(=O)c2nc3ccccc3s2)c1O. The second-order valence-electron chi connectivity index (χ2n) is 5.65. The van der Waals surface area contributed by atoms with E-state index in [-0.39, 0.29) is 28.4 Å². The number of para-hydroxylation sites is 1. The number of carbonyl (C=O) groups excluding carboxylic acids is 1. The average molecular weight is 422 g/mol. The summed E-state index contributed by atoms with van der Waals surface area (Å²) < 4.78 is 16.2. The van der Waals surface area contributed by atoms with Crippen molar-refractivity contribution in [2.45, 2.75) is 20.1 Å². The molecule has 10 nitrogen and oxygen atoms in total. The third kappa shape index (κ3) is 4.83. The predicted octanol–water partition coefficient (Wildman–Crippen LogP) is 3.11. The molecule has 146 valence electrons. The summed E-state index contributed by atoms with van der Waals surface area (Å²) in [5.74, 6) is -0.835. The van der Waals surface area contributed by atoms with Crippen molar-refractivity contribution in [3.05, 3.63) is 52.3 Å². The van der Waals surface area contributed by atoms with Gasteiger partial charge >= 0.3 is 13.7 Å². The summed E-state index contributed by atoms with van der Waals surface area (Å²) in [6.45, 7) is 0.864. The van der Waals surface area contributed by atoms with Gasteiger partial charge in [-0.1, -0.05) is 12.1 Å². The zero-order valence-corrected chi connectivity index (χ0v) is 16.2. The number of thiazole rings is 1. The minimum atomic E-state index is -4.70. The Hall–Kier alpha value is -2.56. The van der Waals surface area contributed by atoms with Crippen LogP contribution in [-0.4, -0.2) is 30.8 Å². The van der Waals surface area contributed by atoms with Gasteiger partial charge in [0.15, 0.2) is 5.01 Å². The summed E-state index contributed by atoms with van der Waals surface area (Å²) in [4.78, 5) is 38.0. The molecule has 3 aromatic rings. The molecule has 12 heteroatoms. The van der Waals surface area contributed by atoms with Crippen molar-refractivity contribution in [1.82, 2.24) is 9.97 Å². The Morgan fingerprint density at radius 2 is 2.07 bits per heavy atom. The van der Waals surface area contributed by atoms with E-state index in [1.54, 1.807) is 13.0 Å². The maximum Gasteiger partial charge on any atom is 0.469 e. The van der Waals surface area contributed by atoms with Crippen LogP contribution in [0.2, 0.25) is 0 Å². The monoisotopic (exact) mass is 422 g/mol. The topological polar surface area (TPSA) is 155 Å². The van der Waals surface area contributed by atoms with Gasteiger partial charge in [0.1, 0.15) is 5.75 Å². The first kappa shape index (κ1) is 20.2. The van der Waals surface area contributed by atoms with Crippen molar-refractivity contribution in [3.63, 3.8) is 0 Å². The second kappa shape index (κ2) is 8.21. The van der Waals surface area contributed by atoms with Gasteiger partial charge in [-0.15, -0.1) is 16.5 Å². The van der Waals surface area contributed by atoms with Crippen LogP contribution in [-0.2, 0) is 22.2 Å². The highest BCUT2D eigenvalue weighted by molar-refractivity contribution is 7.46. The van der Waals surface area contributed by atoms with Crippen LogP contribution in [0, 0.1) is 6.92 Å². The van der Waals surface area contributed by atoms with Crippen LogP contribution >= 0.6 is 19.2 Å². The molecule has 0 aliphatic heterocycles. The van der Waals surface area contributed by atoms with Gasteiger partial charge in [0.05, 0.1) is 29.1 Å². The van der Waals surface area contributed by atoms with Crippen molar-refractivity contribution < 1.29 is 28.8 Å². The van der Waals surface area contributed by atoms with E-state index in [1.807, 2.05) is 18.2 Å². The van der Waals surface area contributed by atoms with Crippen molar-refractivity contribution in [1.29, 1.82) is 0 Å². The summed E-state index contributed by atoms with van der Waals surface area (Å²) in [6, 6.07) is 7.27. The number of amides is 1. The van der Waals surface area contributed by atoms with E-state index >= 15 is 0 Å². The van der Waals surface area contributed by atoms with Gasteiger partial charge in [0.25, 0.3) is 0 Å². The summed E-state index contributed by atoms with van der Waals surface area (Å²) in [5, 5.41) is 17.8. The van der Waals surface area contributed by atoms with E-state index in [0.29, 0.717) is 11.2 Å². The Balaban J connectivity index is 1.78. The molecule has 1 amide bonds. The molecule has 0 aliphatic carbocycles. The second-order valence-corrected chi connectivity index (χ2v) is 7.92. The smallest absolute Gasteiger partial charge is 0.469 e. The molecule has 1 aromatic carbocycles. The van der Waals surface area contributed by atoms with E-state index in [2.05, 4.69) is 24.7 Å². The number of aryl methyl sites for hydroxylation is 1. The maximum atomic E-state index is 12.2. The predicted molar refractivity (Wildman–Crippen MR) is 100.0 cm³/mol. The van der Waals surface area contributed by atoms with Crippen LogP contribution in [0.1, 0.15) is 26.6 Å². The lowest BCUT2D eigenvalue weighted by atomic mass is 10.1. The van der Waals surface area contributed by atoms with E-state index < -0.39 is 20.3 Å². The van der Waals surface area contributed by atoms with Gasteiger partial charge in [0, 0.05) is 17.3 Å². The number of nitrogens with zero attached hydrogens (tertiary/aromatic N) is 4. The van der Waals surface area contributed by atoms with Crippen LogP contribution in [0.5, 0.6) is 5.75 Å². The number of carbonyl (C=O) groups is 1. The highest BCUT2D eigenvalue weighted by atomic mass is 32.1. The van der Waals surface area contributed by atoms with Crippen molar-refractivity contribution in [2.75, 3.05) is 0 Å². The first-order valence-electron chi connectivity index (χ1n) is 7.88. The minimum absolute atomic E-state index is 0.185. The van der Waals surface area contributed by atoms with Crippen LogP contribution in [0.15, 0.2) is 40.7 Å². The average Bonchev–Trinajstić information content (AvgIpc) is 3.08. The summed E-state index contributed by atoms with van der Waals surface area (Å²) in [5.41, 5.74) is 1.41. The molecule has 0 saturated heterocycles. The van der Waals surface area contributed by atoms with Gasteiger partial charge in [0.2, 0.25) is 0 Å². The maximum absolute atomic E-state index is 12.2. The number of aromatic nitrogens is 2. The summed E-state index contributed by atoms with van der Waals surface area (Å²) in [7, 11) is -4.70. The Labute approximate surface area is 162 Å². The largest absolute Gasteiger partial charge is 0.506 e. The fourth-order valence-electron chi connectivity index (χ4n) is 2.32. The fourth-order valence-corrected chi connectivity index (χ4v) is 3.47. The first-order valence-corrected chi connectivity index (χ1v) is 10.2. The summed E-state index contributed by atoms with van der Waals surface area (Å²) in [6.07, 6.45) is 1.31. The molecule has 28 heavy (non-hydrogen) atoms. The number of hydrogen-bond acceptors (Lipinski definition) is 8. The van der Waals surface area contributed by atoms with Gasteiger partial charge in [-0.05, 0) is 19.1 Å². The van der Waals surface area contributed by atoms with E-state index in [4.69, 9.17) is 9.79 Å². The van der Waals surface area contributed by atoms with Gasteiger partial charge < -0.3 is 14.9 Å². The van der Waals surface area contributed by atoms with Gasteiger partial charge in [-0.25, -0.2) is 9.55 Å². The number of azo groups is 1. The number of aromatic hydroxyl groups is 1. The number of rotatable bonds is 6. The number of fused-ring (bicyclic) bond motifs is 1. The molecule has 0 spiro atoms. The highest BCUT2D eigenvalue weighted by Crippen LogP contribution is 2.38. The van der Waals surface area contributed by atoms with E-state index in [1.165, 1.54) is 17.5 Å². The van der Waals surface area contributed by atoms with E-state index in [9.17, 15) is 14.5 Å². The van der Waals surface area contributed by atoms with Crippen LogP contribution < -0.4 is 0 Å². The minimum Gasteiger partial charge on any atom is -0.506 e. The standard InChI is InChI=1S/C16H15N4O6PS/c1-9-14(21)11(10(6-17-9)8-26-27(23,24)25)7-18-20-15(22)16-19-12-4-2-3-5-13(12)28-16/h2-6,21H,7-8H2,1H3,(H2,23,24,25).